The summed E-state index contributed by atoms with van der Waals surface area (Å²) in [5.74, 6) is -0.371. The molecule has 4 rings (SSSR count). The van der Waals surface area contributed by atoms with Crippen LogP contribution in [0.25, 0.3) is 17.4 Å². The Labute approximate surface area is 210 Å². The zero-order valence-corrected chi connectivity index (χ0v) is 20.4. The van der Waals surface area contributed by atoms with E-state index in [0.29, 0.717) is 23.2 Å². The van der Waals surface area contributed by atoms with Crippen LogP contribution in [-0.2, 0) is 9.59 Å². The number of furan rings is 1. The molecule has 36 heavy (non-hydrogen) atoms. The molecule has 0 atom stereocenters. The van der Waals surface area contributed by atoms with E-state index in [1.165, 1.54) is 37.5 Å². The summed E-state index contributed by atoms with van der Waals surface area (Å²) in [6, 6.07) is 12.9. The number of hydrogen-bond acceptors (Lipinski definition) is 8. The van der Waals surface area contributed by atoms with Crippen LogP contribution in [0.4, 0.5) is 16.2 Å². The molecule has 2 heterocycles. The third kappa shape index (κ3) is 5.01. The summed E-state index contributed by atoms with van der Waals surface area (Å²) in [7, 11) is 1.41. The molecule has 1 N–H and O–H groups in total. The molecule has 11 heteroatoms. The second-order valence-corrected chi connectivity index (χ2v) is 8.90. The van der Waals surface area contributed by atoms with Crippen LogP contribution in [0.1, 0.15) is 16.9 Å². The number of thioether (sulfide) groups is 1. The Bertz CT molecular complexity index is 1430. The molecule has 0 unspecified atom stereocenters. The van der Waals surface area contributed by atoms with E-state index in [2.05, 4.69) is 5.32 Å². The van der Waals surface area contributed by atoms with Gasteiger partial charge in [0.15, 0.2) is 0 Å². The Hall–Kier alpha value is -4.38. The van der Waals surface area contributed by atoms with Crippen molar-refractivity contribution in [2.45, 2.75) is 13.8 Å². The molecule has 1 saturated heterocycles. The minimum Gasteiger partial charge on any atom is -0.497 e. The first-order valence-corrected chi connectivity index (χ1v) is 11.5. The van der Waals surface area contributed by atoms with Crippen molar-refractivity contribution in [1.82, 2.24) is 4.90 Å². The van der Waals surface area contributed by atoms with Crippen LogP contribution in [0.2, 0.25) is 0 Å². The lowest BCUT2D eigenvalue weighted by Gasteiger charge is -2.14. The second-order valence-electron chi connectivity index (χ2n) is 7.91. The van der Waals surface area contributed by atoms with Crippen LogP contribution in [0, 0.1) is 24.0 Å². The van der Waals surface area contributed by atoms with E-state index < -0.39 is 28.5 Å². The first-order chi connectivity index (χ1) is 17.2. The quantitative estimate of drug-likeness (QED) is 0.264. The molecule has 2 aromatic carbocycles. The number of carbonyl (C=O) groups is 3. The lowest BCUT2D eigenvalue weighted by Crippen LogP contribution is -2.36. The van der Waals surface area contributed by atoms with E-state index in [-0.39, 0.29) is 27.7 Å². The number of imide groups is 1. The number of amides is 3. The van der Waals surface area contributed by atoms with E-state index in [0.717, 1.165) is 16.0 Å². The summed E-state index contributed by atoms with van der Waals surface area (Å²) in [5, 5.41) is 13.6. The summed E-state index contributed by atoms with van der Waals surface area (Å²) in [6.45, 7) is 3.35. The van der Waals surface area contributed by atoms with Crippen LogP contribution >= 0.6 is 11.8 Å². The Morgan fingerprint density at radius 1 is 1.19 bits per heavy atom. The number of nitro groups is 1. The fourth-order valence-electron chi connectivity index (χ4n) is 3.56. The minimum atomic E-state index is -0.630. The van der Waals surface area contributed by atoms with Gasteiger partial charge in [0.25, 0.3) is 16.8 Å². The SMILES string of the molecule is COc1ccc(-c2ccc(/C=C3/SC(=O)N(CC(=O)Nc4cccc(C)c4C)C3=O)o2)c([N+](=O)[O-])c1. The van der Waals surface area contributed by atoms with Gasteiger partial charge in [-0.3, -0.25) is 29.4 Å². The van der Waals surface area contributed by atoms with Gasteiger partial charge in [-0.25, -0.2) is 0 Å². The molecular formula is C25H21N3O7S. The highest BCUT2D eigenvalue weighted by Gasteiger charge is 2.36. The number of rotatable bonds is 7. The van der Waals surface area contributed by atoms with E-state index in [9.17, 15) is 24.5 Å². The van der Waals surface area contributed by atoms with Crippen LogP contribution in [-0.4, -0.2) is 40.5 Å². The topological polar surface area (TPSA) is 132 Å². The number of hydrogen-bond donors (Lipinski definition) is 1. The molecule has 0 spiro atoms. The summed E-state index contributed by atoms with van der Waals surface area (Å²) in [4.78, 5) is 49.6. The fourth-order valence-corrected chi connectivity index (χ4v) is 4.38. The highest BCUT2D eigenvalue weighted by Crippen LogP contribution is 2.36. The van der Waals surface area contributed by atoms with Crippen LogP contribution in [0.5, 0.6) is 5.75 Å². The average Bonchev–Trinajstić information content (AvgIpc) is 3.41. The van der Waals surface area contributed by atoms with E-state index in [4.69, 9.17) is 9.15 Å². The van der Waals surface area contributed by atoms with E-state index >= 15 is 0 Å². The highest BCUT2D eigenvalue weighted by molar-refractivity contribution is 8.18. The Morgan fingerprint density at radius 3 is 2.69 bits per heavy atom. The van der Waals surface area contributed by atoms with Crippen molar-refractivity contribution < 1.29 is 28.5 Å². The van der Waals surface area contributed by atoms with Gasteiger partial charge in [-0.2, -0.15) is 0 Å². The second kappa shape index (κ2) is 10.1. The molecule has 1 aromatic heterocycles. The number of benzene rings is 2. The summed E-state index contributed by atoms with van der Waals surface area (Å²) >= 11 is 0.682. The zero-order chi connectivity index (χ0) is 26.0. The first kappa shape index (κ1) is 24.7. The summed E-state index contributed by atoms with van der Waals surface area (Å²) in [6.07, 6.45) is 1.37. The van der Waals surface area contributed by atoms with Gasteiger partial charge >= 0.3 is 0 Å². The molecule has 0 aliphatic carbocycles. The Morgan fingerprint density at radius 2 is 1.97 bits per heavy atom. The number of nitrogens with zero attached hydrogens (tertiary/aromatic N) is 2. The highest BCUT2D eigenvalue weighted by atomic mass is 32.2. The van der Waals surface area contributed by atoms with Crippen molar-refractivity contribution in [1.29, 1.82) is 0 Å². The molecular weight excluding hydrogens is 486 g/mol. The van der Waals surface area contributed by atoms with Gasteiger partial charge in [0.2, 0.25) is 5.91 Å². The number of aryl methyl sites for hydroxylation is 1. The lowest BCUT2D eigenvalue weighted by molar-refractivity contribution is -0.384. The van der Waals surface area contributed by atoms with Gasteiger partial charge in [0, 0.05) is 11.8 Å². The molecule has 0 radical (unpaired) electrons. The maximum absolute atomic E-state index is 12.8. The maximum Gasteiger partial charge on any atom is 0.294 e. The molecule has 10 nitrogen and oxygen atoms in total. The molecule has 1 aliphatic rings. The van der Waals surface area contributed by atoms with Gasteiger partial charge in [0.05, 0.1) is 28.6 Å². The smallest absolute Gasteiger partial charge is 0.294 e. The molecule has 1 fully saturated rings. The predicted molar refractivity (Wildman–Crippen MR) is 135 cm³/mol. The third-order valence-electron chi connectivity index (χ3n) is 5.62. The van der Waals surface area contributed by atoms with E-state index in [1.54, 1.807) is 18.2 Å². The van der Waals surface area contributed by atoms with Crippen LogP contribution in [0.15, 0.2) is 57.9 Å². The lowest BCUT2D eigenvalue weighted by atomic mass is 10.1. The number of nitrogens with one attached hydrogen (secondary N) is 1. The first-order valence-electron chi connectivity index (χ1n) is 10.7. The van der Waals surface area contributed by atoms with Gasteiger partial charge in [-0.1, -0.05) is 12.1 Å². The summed E-state index contributed by atoms with van der Waals surface area (Å²) in [5.41, 5.74) is 2.53. The number of methoxy groups -OCH3 is 1. The molecule has 0 saturated carbocycles. The predicted octanol–water partition coefficient (Wildman–Crippen LogP) is 5.16. The van der Waals surface area contributed by atoms with Crippen molar-refractivity contribution in [3.63, 3.8) is 0 Å². The van der Waals surface area contributed by atoms with Crippen LogP contribution in [0.3, 0.4) is 0 Å². The molecule has 3 amide bonds. The van der Waals surface area contributed by atoms with Gasteiger partial charge in [-0.05, 0) is 67.1 Å². The third-order valence-corrected chi connectivity index (χ3v) is 6.53. The molecule has 1 aliphatic heterocycles. The van der Waals surface area contributed by atoms with Crippen LogP contribution < -0.4 is 10.1 Å². The zero-order valence-electron chi connectivity index (χ0n) is 19.6. The Balaban J connectivity index is 1.50. The van der Waals surface area contributed by atoms with Crippen molar-refractivity contribution >= 4 is 46.3 Å². The van der Waals surface area contributed by atoms with Crippen molar-refractivity contribution in [2.75, 3.05) is 19.0 Å². The minimum absolute atomic E-state index is 0.0738. The van der Waals surface area contributed by atoms with Gasteiger partial charge in [-0.15, -0.1) is 0 Å². The standard InChI is InChI=1S/C25H21N3O7S/c1-14-5-4-6-19(15(14)2)26-23(29)13-27-24(30)22(36-25(27)31)12-17-8-10-21(35-17)18-9-7-16(34-3)11-20(18)28(32)33/h4-12H,13H2,1-3H3,(H,26,29)/b22-12+. The van der Waals surface area contributed by atoms with Gasteiger partial charge in [0.1, 0.15) is 23.8 Å². The van der Waals surface area contributed by atoms with Crippen molar-refractivity contribution in [3.8, 4) is 17.1 Å². The van der Waals surface area contributed by atoms with Crippen molar-refractivity contribution in [3.05, 3.63) is 80.4 Å². The summed E-state index contributed by atoms with van der Waals surface area (Å²) < 4.78 is 10.7. The fraction of sp³-hybridized carbons (Fsp3) is 0.160. The monoisotopic (exact) mass is 507 g/mol. The average molecular weight is 508 g/mol. The maximum atomic E-state index is 12.8. The van der Waals surface area contributed by atoms with Gasteiger partial charge < -0.3 is 14.5 Å². The van der Waals surface area contributed by atoms with E-state index in [1.807, 2.05) is 19.9 Å². The number of nitro benzene ring substituents is 1. The largest absolute Gasteiger partial charge is 0.497 e. The molecule has 184 valence electrons. The number of ether oxygens (including phenoxy) is 1. The Kier molecular flexibility index (Phi) is 6.93. The number of carbonyl (C=O) groups excluding carboxylic acids is 3. The van der Waals surface area contributed by atoms with Crippen molar-refractivity contribution in [2.24, 2.45) is 0 Å². The molecule has 3 aromatic rings. The normalized spacial score (nSPS) is 14.4. The number of anilines is 1. The molecule has 0 bridgehead atoms.